The Hall–Kier alpha value is -1.95. The number of carbonyl (C=O) groups excluding carboxylic acids is 1. The lowest BCUT2D eigenvalue weighted by Gasteiger charge is -2.32. The molecule has 4 heterocycles. The molecule has 0 radical (unpaired) electrons. The van der Waals surface area contributed by atoms with Gasteiger partial charge in [-0.15, -0.1) is 10.2 Å². The third kappa shape index (κ3) is 2.95. The topological polar surface area (TPSA) is 62.5 Å². The predicted octanol–water partition coefficient (Wildman–Crippen LogP) is 1.58. The molecule has 0 aliphatic carbocycles. The van der Waals surface area contributed by atoms with Crippen LogP contribution in [0.4, 0.5) is 0 Å². The summed E-state index contributed by atoms with van der Waals surface area (Å²) in [4.78, 5) is 14.6. The molecule has 23 heavy (non-hydrogen) atoms. The van der Waals surface area contributed by atoms with Gasteiger partial charge in [0.1, 0.15) is 5.82 Å². The maximum atomic E-state index is 12.6. The SMILES string of the molecule is O=C(CC1CCCN1)N1CCCC(c2nnc3ccccn23)C1. The second-order valence-corrected chi connectivity index (χ2v) is 6.66. The van der Waals surface area contributed by atoms with E-state index in [-0.39, 0.29) is 11.8 Å². The number of nitrogens with one attached hydrogen (secondary N) is 1. The Morgan fingerprint density at radius 2 is 2.22 bits per heavy atom. The van der Waals surface area contributed by atoms with Crippen molar-refractivity contribution in [2.75, 3.05) is 19.6 Å². The van der Waals surface area contributed by atoms with Gasteiger partial charge < -0.3 is 10.2 Å². The molecule has 1 N–H and O–H groups in total. The summed E-state index contributed by atoms with van der Waals surface area (Å²) < 4.78 is 2.05. The van der Waals surface area contributed by atoms with Gasteiger partial charge in [0.2, 0.25) is 5.91 Å². The molecule has 0 bridgehead atoms. The number of amides is 1. The average Bonchev–Trinajstić information content (AvgIpc) is 3.24. The molecule has 6 nitrogen and oxygen atoms in total. The second-order valence-electron chi connectivity index (χ2n) is 6.66. The van der Waals surface area contributed by atoms with Gasteiger partial charge in [-0.25, -0.2) is 0 Å². The molecule has 2 aromatic rings. The first-order valence-corrected chi connectivity index (χ1v) is 8.62. The van der Waals surface area contributed by atoms with Crippen molar-refractivity contribution in [2.45, 2.75) is 44.1 Å². The van der Waals surface area contributed by atoms with E-state index < -0.39 is 0 Å². The number of pyridine rings is 1. The largest absolute Gasteiger partial charge is 0.342 e. The monoisotopic (exact) mass is 313 g/mol. The van der Waals surface area contributed by atoms with Gasteiger partial charge in [0.05, 0.1) is 0 Å². The van der Waals surface area contributed by atoms with E-state index in [9.17, 15) is 4.79 Å². The van der Waals surface area contributed by atoms with Crippen LogP contribution in [0.1, 0.15) is 43.8 Å². The van der Waals surface area contributed by atoms with Gasteiger partial charge in [-0.2, -0.15) is 0 Å². The average molecular weight is 313 g/mol. The van der Waals surface area contributed by atoms with Gasteiger partial charge in [-0.1, -0.05) is 6.07 Å². The van der Waals surface area contributed by atoms with Crippen molar-refractivity contribution in [2.24, 2.45) is 0 Å². The maximum absolute atomic E-state index is 12.6. The molecule has 4 rings (SSSR count). The first-order valence-electron chi connectivity index (χ1n) is 8.62. The number of aromatic nitrogens is 3. The van der Waals surface area contributed by atoms with Crippen LogP contribution in [0.5, 0.6) is 0 Å². The van der Waals surface area contributed by atoms with E-state index in [1.54, 1.807) is 0 Å². The summed E-state index contributed by atoms with van der Waals surface area (Å²) in [7, 11) is 0. The number of rotatable bonds is 3. The molecule has 0 spiro atoms. The number of nitrogens with zero attached hydrogens (tertiary/aromatic N) is 4. The van der Waals surface area contributed by atoms with Crippen LogP contribution >= 0.6 is 0 Å². The molecule has 2 saturated heterocycles. The molecule has 1 amide bonds. The fourth-order valence-electron chi connectivity index (χ4n) is 3.82. The van der Waals surface area contributed by atoms with Crippen LogP contribution in [-0.4, -0.2) is 51.1 Å². The zero-order valence-electron chi connectivity index (χ0n) is 13.3. The fourth-order valence-corrected chi connectivity index (χ4v) is 3.82. The van der Waals surface area contributed by atoms with Crippen molar-refractivity contribution in [1.29, 1.82) is 0 Å². The zero-order valence-corrected chi connectivity index (χ0v) is 13.3. The quantitative estimate of drug-likeness (QED) is 0.934. The molecule has 0 saturated carbocycles. The van der Waals surface area contributed by atoms with E-state index in [1.165, 1.54) is 6.42 Å². The molecule has 2 aliphatic rings. The van der Waals surface area contributed by atoms with Crippen LogP contribution < -0.4 is 5.32 Å². The van der Waals surface area contributed by atoms with E-state index in [2.05, 4.69) is 19.9 Å². The van der Waals surface area contributed by atoms with Gasteiger partial charge in [0.15, 0.2) is 5.65 Å². The highest BCUT2D eigenvalue weighted by Gasteiger charge is 2.29. The van der Waals surface area contributed by atoms with Crippen LogP contribution in [0, 0.1) is 0 Å². The van der Waals surface area contributed by atoms with Gasteiger partial charge in [-0.3, -0.25) is 9.20 Å². The van der Waals surface area contributed by atoms with E-state index in [1.807, 2.05) is 29.3 Å². The number of hydrogen-bond donors (Lipinski definition) is 1. The van der Waals surface area contributed by atoms with E-state index in [0.717, 1.165) is 50.4 Å². The van der Waals surface area contributed by atoms with Gasteiger partial charge in [0, 0.05) is 37.7 Å². The third-order valence-corrected chi connectivity index (χ3v) is 5.06. The molecule has 2 aliphatic heterocycles. The maximum Gasteiger partial charge on any atom is 0.224 e. The summed E-state index contributed by atoms with van der Waals surface area (Å²) in [6, 6.07) is 6.31. The van der Waals surface area contributed by atoms with Gasteiger partial charge >= 0.3 is 0 Å². The van der Waals surface area contributed by atoms with Crippen molar-refractivity contribution in [3.8, 4) is 0 Å². The van der Waals surface area contributed by atoms with Gasteiger partial charge in [0.25, 0.3) is 0 Å². The third-order valence-electron chi connectivity index (χ3n) is 5.06. The Kier molecular flexibility index (Phi) is 3.99. The summed E-state index contributed by atoms with van der Waals surface area (Å²) in [6.07, 6.45) is 7.06. The Morgan fingerprint density at radius 1 is 1.26 bits per heavy atom. The van der Waals surface area contributed by atoms with Crippen LogP contribution in [0.15, 0.2) is 24.4 Å². The zero-order chi connectivity index (χ0) is 15.6. The number of hydrogen-bond acceptors (Lipinski definition) is 4. The fraction of sp³-hybridized carbons (Fsp3) is 0.588. The second kappa shape index (κ2) is 6.28. The lowest BCUT2D eigenvalue weighted by Crippen LogP contribution is -2.41. The summed E-state index contributed by atoms with van der Waals surface area (Å²) in [5.74, 6) is 1.54. The molecule has 2 atom stereocenters. The minimum Gasteiger partial charge on any atom is -0.342 e. The summed E-state index contributed by atoms with van der Waals surface area (Å²) in [5, 5.41) is 12.0. The minimum absolute atomic E-state index is 0.279. The molecular formula is C17H23N5O. The first kappa shape index (κ1) is 14.6. The van der Waals surface area contributed by atoms with E-state index in [4.69, 9.17) is 0 Å². The Bertz CT molecular complexity index is 691. The first-order chi connectivity index (χ1) is 11.3. The van der Waals surface area contributed by atoms with E-state index in [0.29, 0.717) is 12.5 Å². The number of fused-ring (bicyclic) bond motifs is 1. The molecule has 6 heteroatoms. The summed E-state index contributed by atoms with van der Waals surface area (Å²) >= 11 is 0. The molecule has 2 aromatic heterocycles. The standard InChI is InChI=1S/C17H23N5O/c23-16(11-14-6-3-8-18-14)21-9-4-5-13(12-21)17-20-19-15-7-1-2-10-22(15)17/h1-2,7,10,13-14,18H,3-6,8-9,11-12H2. The van der Waals surface area contributed by atoms with Crippen molar-refractivity contribution < 1.29 is 4.79 Å². The predicted molar refractivity (Wildman–Crippen MR) is 87.2 cm³/mol. The molecular weight excluding hydrogens is 290 g/mol. The number of piperidine rings is 1. The summed E-state index contributed by atoms with van der Waals surface area (Å²) in [5.41, 5.74) is 0.876. The van der Waals surface area contributed by atoms with Crippen molar-refractivity contribution in [3.63, 3.8) is 0 Å². The molecule has 0 aromatic carbocycles. The lowest BCUT2D eigenvalue weighted by molar-refractivity contribution is -0.132. The Labute approximate surface area is 135 Å². The Morgan fingerprint density at radius 3 is 3.09 bits per heavy atom. The van der Waals surface area contributed by atoms with Crippen molar-refractivity contribution >= 4 is 11.6 Å². The van der Waals surface area contributed by atoms with E-state index >= 15 is 0 Å². The van der Waals surface area contributed by atoms with Crippen LogP contribution in [-0.2, 0) is 4.79 Å². The number of carbonyl (C=O) groups is 1. The van der Waals surface area contributed by atoms with Gasteiger partial charge in [-0.05, 0) is 44.4 Å². The van der Waals surface area contributed by atoms with Crippen LogP contribution in [0.25, 0.3) is 5.65 Å². The molecule has 122 valence electrons. The highest BCUT2D eigenvalue weighted by molar-refractivity contribution is 5.77. The highest BCUT2D eigenvalue weighted by Crippen LogP contribution is 2.26. The van der Waals surface area contributed by atoms with Crippen molar-refractivity contribution in [3.05, 3.63) is 30.2 Å². The smallest absolute Gasteiger partial charge is 0.224 e. The minimum atomic E-state index is 0.279. The summed E-state index contributed by atoms with van der Waals surface area (Å²) in [6.45, 7) is 2.69. The lowest BCUT2D eigenvalue weighted by atomic mass is 9.96. The highest BCUT2D eigenvalue weighted by atomic mass is 16.2. The van der Waals surface area contributed by atoms with Crippen LogP contribution in [0.3, 0.4) is 0 Å². The molecule has 2 fully saturated rings. The normalized spacial score (nSPS) is 25.1. The van der Waals surface area contributed by atoms with Crippen molar-refractivity contribution in [1.82, 2.24) is 24.8 Å². The Balaban J connectivity index is 1.47. The van der Waals surface area contributed by atoms with Crippen LogP contribution in [0.2, 0.25) is 0 Å². The molecule has 2 unspecified atom stereocenters. The number of likely N-dealkylation sites (tertiary alicyclic amines) is 1.